The van der Waals surface area contributed by atoms with E-state index in [1.807, 2.05) is 0 Å². The van der Waals surface area contributed by atoms with Gasteiger partial charge in [-0.05, 0) is 24.4 Å². The maximum atomic E-state index is 10.9. The highest BCUT2D eigenvalue weighted by atomic mass is 35.5. The first-order valence-corrected chi connectivity index (χ1v) is 5.46. The first-order valence-electron chi connectivity index (χ1n) is 5.08. The second-order valence-electron chi connectivity index (χ2n) is 3.82. The number of carboxylic acid groups (broad SMARTS) is 1. The van der Waals surface area contributed by atoms with E-state index in [4.69, 9.17) is 21.1 Å². The summed E-state index contributed by atoms with van der Waals surface area (Å²) in [5.41, 5.74) is -0.0214. The van der Waals surface area contributed by atoms with Crippen molar-refractivity contribution in [1.82, 2.24) is 4.98 Å². The highest BCUT2D eigenvalue weighted by Crippen LogP contribution is 2.35. The lowest BCUT2D eigenvalue weighted by Gasteiger charge is -2.19. The monoisotopic (exact) mass is 229 g/mol. The average Bonchev–Trinajstić information content (AvgIpc) is 2.62. The van der Waals surface area contributed by atoms with Crippen molar-refractivity contribution in [2.24, 2.45) is 0 Å². The zero-order chi connectivity index (χ0) is 10.8. The molecule has 2 rings (SSSR count). The number of hydrogen-bond donors (Lipinski definition) is 1. The number of carboxylic acids is 1. The molecule has 5 heteroatoms. The van der Waals surface area contributed by atoms with Gasteiger partial charge in [-0.2, -0.15) is 4.98 Å². The molecule has 1 aromatic rings. The normalized spacial score (nSPS) is 17.9. The number of rotatable bonds is 2. The summed E-state index contributed by atoms with van der Waals surface area (Å²) in [6.07, 6.45) is 5.36. The van der Waals surface area contributed by atoms with E-state index in [1.165, 1.54) is 6.42 Å². The van der Waals surface area contributed by atoms with E-state index in [1.54, 1.807) is 0 Å². The molecule has 1 aromatic heterocycles. The Morgan fingerprint density at radius 3 is 2.67 bits per heavy atom. The van der Waals surface area contributed by atoms with Crippen LogP contribution in [0.2, 0.25) is 5.35 Å². The third kappa shape index (κ3) is 2.15. The van der Waals surface area contributed by atoms with Gasteiger partial charge in [-0.15, -0.1) is 0 Å². The largest absolute Gasteiger partial charge is 0.476 e. The minimum absolute atomic E-state index is 0.0214. The number of hydrogen-bond acceptors (Lipinski definition) is 3. The van der Waals surface area contributed by atoms with Crippen molar-refractivity contribution in [3.05, 3.63) is 16.8 Å². The predicted octanol–water partition coefficient (Wildman–Crippen LogP) is 3.07. The van der Waals surface area contributed by atoms with Gasteiger partial charge in [0.2, 0.25) is 0 Å². The Kier molecular flexibility index (Phi) is 2.95. The summed E-state index contributed by atoms with van der Waals surface area (Å²) in [5, 5.41) is 8.85. The Bertz CT molecular complexity index is 369. The second kappa shape index (κ2) is 4.23. The Morgan fingerprint density at radius 2 is 2.07 bits per heavy atom. The van der Waals surface area contributed by atoms with Gasteiger partial charge < -0.3 is 9.52 Å². The molecule has 0 radical (unpaired) electrons. The van der Waals surface area contributed by atoms with Gasteiger partial charge in [-0.3, -0.25) is 0 Å². The summed E-state index contributed by atoms with van der Waals surface area (Å²) in [6, 6.07) is 0. The number of halogens is 1. The van der Waals surface area contributed by atoms with Gasteiger partial charge in [0.15, 0.2) is 5.69 Å². The molecular formula is C10H12ClNO3. The zero-order valence-electron chi connectivity index (χ0n) is 8.20. The van der Waals surface area contributed by atoms with E-state index in [0.717, 1.165) is 25.7 Å². The summed E-state index contributed by atoms with van der Waals surface area (Å²) in [6.45, 7) is 0. The average molecular weight is 230 g/mol. The van der Waals surface area contributed by atoms with Crippen molar-refractivity contribution >= 4 is 17.6 Å². The van der Waals surface area contributed by atoms with E-state index >= 15 is 0 Å². The summed E-state index contributed by atoms with van der Waals surface area (Å²) < 4.78 is 5.19. The van der Waals surface area contributed by atoms with Crippen LogP contribution in [0.1, 0.15) is 54.3 Å². The van der Waals surface area contributed by atoms with E-state index in [0.29, 0.717) is 5.76 Å². The third-order valence-corrected chi connectivity index (χ3v) is 2.97. The highest BCUT2D eigenvalue weighted by molar-refractivity contribution is 6.27. The Balaban J connectivity index is 2.28. The van der Waals surface area contributed by atoms with Gasteiger partial charge in [0.1, 0.15) is 5.76 Å². The Morgan fingerprint density at radius 1 is 1.40 bits per heavy atom. The van der Waals surface area contributed by atoms with E-state index in [9.17, 15) is 4.79 Å². The molecule has 0 aromatic carbocycles. The van der Waals surface area contributed by atoms with Crippen LogP contribution in [0.15, 0.2) is 4.42 Å². The molecule has 0 atom stereocenters. The molecule has 1 aliphatic rings. The molecule has 1 saturated carbocycles. The topological polar surface area (TPSA) is 63.3 Å². The minimum Gasteiger partial charge on any atom is -0.476 e. The molecule has 15 heavy (non-hydrogen) atoms. The fraction of sp³-hybridized carbons (Fsp3) is 0.600. The van der Waals surface area contributed by atoms with Crippen molar-refractivity contribution in [2.75, 3.05) is 0 Å². The van der Waals surface area contributed by atoms with Gasteiger partial charge in [-0.1, -0.05) is 19.3 Å². The summed E-state index contributed by atoms with van der Waals surface area (Å²) in [7, 11) is 0. The van der Waals surface area contributed by atoms with Gasteiger partial charge in [0.05, 0.1) is 0 Å². The van der Waals surface area contributed by atoms with Gasteiger partial charge in [0.25, 0.3) is 5.35 Å². The molecule has 1 heterocycles. The fourth-order valence-electron chi connectivity index (χ4n) is 2.10. The zero-order valence-corrected chi connectivity index (χ0v) is 8.96. The molecule has 0 saturated heterocycles. The van der Waals surface area contributed by atoms with Crippen LogP contribution >= 0.6 is 11.6 Å². The van der Waals surface area contributed by atoms with Crippen molar-refractivity contribution in [1.29, 1.82) is 0 Å². The van der Waals surface area contributed by atoms with Crippen LogP contribution in [0.4, 0.5) is 0 Å². The molecule has 0 amide bonds. The van der Waals surface area contributed by atoms with E-state index in [2.05, 4.69) is 4.98 Å². The van der Waals surface area contributed by atoms with Gasteiger partial charge in [0, 0.05) is 5.92 Å². The molecule has 0 unspecified atom stereocenters. The van der Waals surface area contributed by atoms with Crippen LogP contribution in [-0.4, -0.2) is 16.1 Å². The number of aromatic carboxylic acids is 1. The van der Waals surface area contributed by atoms with Crippen molar-refractivity contribution < 1.29 is 14.3 Å². The van der Waals surface area contributed by atoms with Crippen molar-refractivity contribution in [2.45, 2.75) is 38.0 Å². The highest BCUT2D eigenvalue weighted by Gasteiger charge is 2.27. The molecule has 1 N–H and O–H groups in total. The van der Waals surface area contributed by atoms with Crippen LogP contribution in [0.3, 0.4) is 0 Å². The summed E-state index contributed by atoms with van der Waals surface area (Å²) >= 11 is 5.59. The molecule has 0 aliphatic heterocycles. The standard InChI is InChI=1S/C10H12ClNO3/c11-10-12-7(9(13)14)8(15-10)6-4-2-1-3-5-6/h6H,1-5H2,(H,13,14). The Hall–Kier alpha value is -1.03. The summed E-state index contributed by atoms with van der Waals surface area (Å²) in [4.78, 5) is 14.6. The lowest BCUT2D eigenvalue weighted by molar-refractivity contribution is 0.0687. The number of aromatic nitrogens is 1. The lowest BCUT2D eigenvalue weighted by Crippen LogP contribution is -2.09. The third-order valence-electron chi connectivity index (χ3n) is 2.81. The van der Waals surface area contributed by atoms with Crippen LogP contribution < -0.4 is 0 Å². The quantitative estimate of drug-likeness (QED) is 0.847. The Labute approximate surface area is 92.3 Å². The van der Waals surface area contributed by atoms with E-state index in [-0.39, 0.29) is 17.0 Å². The van der Waals surface area contributed by atoms with Gasteiger partial charge in [-0.25, -0.2) is 4.79 Å². The molecular weight excluding hydrogens is 218 g/mol. The van der Waals surface area contributed by atoms with Gasteiger partial charge >= 0.3 is 5.97 Å². The molecule has 4 nitrogen and oxygen atoms in total. The smallest absolute Gasteiger partial charge is 0.358 e. The predicted molar refractivity (Wildman–Crippen MR) is 54.3 cm³/mol. The maximum Gasteiger partial charge on any atom is 0.358 e. The number of nitrogens with zero attached hydrogens (tertiary/aromatic N) is 1. The molecule has 0 bridgehead atoms. The fourth-order valence-corrected chi connectivity index (χ4v) is 2.27. The first-order chi connectivity index (χ1) is 7.18. The molecule has 82 valence electrons. The van der Waals surface area contributed by atoms with Crippen molar-refractivity contribution in [3.63, 3.8) is 0 Å². The van der Waals surface area contributed by atoms with E-state index < -0.39 is 5.97 Å². The number of oxazole rings is 1. The lowest BCUT2D eigenvalue weighted by atomic mass is 9.87. The molecule has 0 spiro atoms. The first kappa shape index (κ1) is 10.5. The number of carbonyl (C=O) groups is 1. The molecule has 1 aliphatic carbocycles. The van der Waals surface area contributed by atoms with Crippen LogP contribution in [-0.2, 0) is 0 Å². The summed E-state index contributed by atoms with van der Waals surface area (Å²) in [5.74, 6) is -0.441. The SMILES string of the molecule is O=C(O)c1nc(Cl)oc1C1CCCCC1. The second-order valence-corrected chi connectivity index (χ2v) is 4.14. The minimum atomic E-state index is -1.06. The van der Waals surface area contributed by atoms with Crippen LogP contribution in [0.25, 0.3) is 0 Å². The molecule has 1 fully saturated rings. The van der Waals surface area contributed by atoms with Crippen LogP contribution in [0, 0.1) is 0 Å². The van der Waals surface area contributed by atoms with Crippen molar-refractivity contribution in [3.8, 4) is 0 Å². The van der Waals surface area contributed by atoms with Crippen LogP contribution in [0.5, 0.6) is 0 Å². The maximum absolute atomic E-state index is 10.9.